The van der Waals surface area contributed by atoms with Crippen LogP contribution in [-0.2, 0) is 0 Å². The normalized spacial score (nSPS) is 12.4. The molecule has 106 valence electrons. The van der Waals surface area contributed by atoms with Crippen molar-refractivity contribution in [2.75, 3.05) is 13.6 Å². The molecule has 1 amide bonds. The molecule has 0 fully saturated rings. The second kappa shape index (κ2) is 5.52. The summed E-state index contributed by atoms with van der Waals surface area (Å²) in [5.74, 6) is -12.3. The zero-order valence-electron chi connectivity index (χ0n) is 10.1. The summed E-state index contributed by atoms with van der Waals surface area (Å²) in [6.45, 7) is 1.42. The van der Waals surface area contributed by atoms with Gasteiger partial charge in [0.25, 0.3) is 5.91 Å². The molecule has 0 saturated carbocycles. The molecule has 0 heterocycles. The van der Waals surface area contributed by atoms with Crippen molar-refractivity contribution in [3.8, 4) is 0 Å². The third-order valence-electron chi connectivity index (χ3n) is 2.33. The minimum Gasteiger partial charge on any atom is -0.340 e. The molecule has 2 N–H and O–H groups in total. The van der Waals surface area contributed by atoms with E-state index in [4.69, 9.17) is 5.73 Å². The van der Waals surface area contributed by atoms with Gasteiger partial charge >= 0.3 is 0 Å². The van der Waals surface area contributed by atoms with E-state index in [-0.39, 0.29) is 6.54 Å². The lowest BCUT2D eigenvalue weighted by molar-refractivity contribution is 0.0775. The average molecular weight is 282 g/mol. The third kappa shape index (κ3) is 2.83. The van der Waals surface area contributed by atoms with Crippen LogP contribution in [0, 0.1) is 29.1 Å². The second-order valence-electron chi connectivity index (χ2n) is 4.11. The molecule has 8 heteroatoms. The van der Waals surface area contributed by atoms with Crippen LogP contribution in [0.15, 0.2) is 0 Å². The molecule has 0 aliphatic rings. The molecule has 1 atom stereocenters. The van der Waals surface area contributed by atoms with Gasteiger partial charge in [0, 0.05) is 19.6 Å². The maximum Gasteiger partial charge on any atom is 0.259 e. The molecule has 19 heavy (non-hydrogen) atoms. The Bertz CT molecular complexity index is 489. The number of hydrogen-bond donors (Lipinski definition) is 1. The Hall–Kier alpha value is -1.70. The highest BCUT2D eigenvalue weighted by Gasteiger charge is 2.31. The Balaban J connectivity index is 3.32. The zero-order valence-corrected chi connectivity index (χ0v) is 10.1. The van der Waals surface area contributed by atoms with Gasteiger partial charge in [-0.3, -0.25) is 4.79 Å². The first-order valence-electron chi connectivity index (χ1n) is 5.21. The molecular weight excluding hydrogens is 271 g/mol. The molecule has 0 saturated heterocycles. The van der Waals surface area contributed by atoms with Crippen LogP contribution in [0.1, 0.15) is 17.3 Å². The van der Waals surface area contributed by atoms with E-state index in [0.29, 0.717) is 0 Å². The number of carbonyl (C=O) groups excluding carboxylic acids is 1. The summed E-state index contributed by atoms with van der Waals surface area (Å²) in [5, 5.41) is 0. The molecule has 0 aromatic heterocycles. The number of hydrogen-bond acceptors (Lipinski definition) is 2. The van der Waals surface area contributed by atoms with Crippen molar-refractivity contribution in [3.05, 3.63) is 34.6 Å². The Morgan fingerprint density at radius 1 is 1.05 bits per heavy atom. The first kappa shape index (κ1) is 15.4. The Morgan fingerprint density at radius 3 is 1.79 bits per heavy atom. The predicted molar refractivity (Wildman–Crippen MR) is 56.8 cm³/mol. The number of rotatable bonds is 3. The fourth-order valence-electron chi connectivity index (χ4n) is 1.50. The van der Waals surface area contributed by atoms with Crippen LogP contribution in [-0.4, -0.2) is 30.4 Å². The van der Waals surface area contributed by atoms with Gasteiger partial charge in [-0.15, -0.1) is 0 Å². The Kier molecular flexibility index (Phi) is 4.46. The van der Waals surface area contributed by atoms with E-state index in [9.17, 15) is 26.7 Å². The number of likely N-dealkylation sites (N-methyl/N-ethyl adjacent to an activating group) is 1. The highest BCUT2D eigenvalue weighted by atomic mass is 19.2. The van der Waals surface area contributed by atoms with Gasteiger partial charge < -0.3 is 10.6 Å². The molecular formula is C11H11F5N2O. The maximum absolute atomic E-state index is 13.4. The van der Waals surface area contributed by atoms with Crippen molar-refractivity contribution in [1.29, 1.82) is 0 Å². The van der Waals surface area contributed by atoms with Crippen molar-refractivity contribution >= 4 is 5.91 Å². The van der Waals surface area contributed by atoms with Crippen molar-refractivity contribution < 1.29 is 26.7 Å². The first-order valence-corrected chi connectivity index (χ1v) is 5.21. The van der Waals surface area contributed by atoms with Gasteiger partial charge in [-0.25, -0.2) is 22.0 Å². The summed E-state index contributed by atoms with van der Waals surface area (Å²) >= 11 is 0. The van der Waals surface area contributed by atoms with Gasteiger partial charge in [0.15, 0.2) is 23.3 Å². The molecule has 0 bridgehead atoms. The van der Waals surface area contributed by atoms with Gasteiger partial charge in [-0.2, -0.15) is 0 Å². The fourth-order valence-corrected chi connectivity index (χ4v) is 1.50. The molecule has 1 rings (SSSR count). The smallest absolute Gasteiger partial charge is 0.259 e. The van der Waals surface area contributed by atoms with E-state index in [0.717, 1.165) is 11.9 Å². The largest absolute Gasteiger partial charge is 0.340 e. The molecule has 0 radical (unpaired) electrons. The fraction of sp³-hybridized carbons (Fsp3) is 0.364. The topological polar surface area (TPSA) is 46.3 Å². The third-order valence-corrected chi connectivity index (χ3v) is 2.33. The lowest BCUT2D eigenvalue weighted by atomic mass is 10.1. The summed E-state index contributed by atoms with van der Waals surface area (Å²) in [5.41, 5.74) is 3.89. The van der Waals surface area contributed by atoms with Crippen molar-refractivity contribution in [3.63, 3.8) is 0 Å². The van der Waals surface area contributed by atoms with Gasteiger partial charge in [0.05, 0.1) is 0 Å². The van der Waals surface area contributed by atoms with Crippen LogP contribution in [0.3, 0.4) is 0 Å². The predicted octanol–water partition coefficient (Wildman–Crippen LogP) is 1.80. The van der Waals surface area contributed by atoms with Crippen LogP contribution in [0.2, 0.25) is 0 Å². The van der Waals surface area contributed by atoms with Crippen LogP contribution in [0.25, 0.3) is 0 Å². The highest BCUT2D eigenvalue weighted by Crippen LogP contribution is 2.23. The van der Waals surface area contributed by atoms with Gasteiger partial charge in [0.1, 0.15) is 5.56 Å². The minimum atomic E-state index is -2.30. The molecule has 3 nitrogen and oxygen atoms in total. The average Bonchev–Trinajstić information content (AvgIpc) is 2.33. The van der Waals surface area contributed by atoms with E-state index >= 15 is 0 Å². The van der Waals surface area contributed by atoms with E-state index in [2.05, 4.69) is 0 Å². The van der Waals surface area contributed by atoms with Gasteiger partial charge in [-0.1, -0.05) is 0 Å². The standard InChI is InChI=1S/C11H11F5N2O/c1-4(17)3-18(2)11(19)5-6(12)8(14)10(16)9(15)7(5)13/h4H,3,17H2,1-2H3. The van der Waals surface area contributed by atoms with Crippen LogP contribution in [0.5, 0.6) is 0 Å². The number of nitrogens with two attached hydrogens (primary N) is 1. The lowest BCUT2D eigenvalue weighted by Crippen LogP contribution is -2.38. The molecule has 1 aromatic carbocycles. The van der Waals surface area contributed by atoms with E-state index in [1.165, 1.54) is 6.92 Å². The zero-order chi connectivity index (χ0) is 14.9. The molecule has 0 spiro atoms. The summed E-state index contributed by atoms with van der Waals surface area (Å²) in [6, 6.07) is -0.518. The Morgan fingerprint density at radius 2 is 1.42 bits per heavy atom. The van der Waals surface area contributed by atoms with Crippen molar-refractivity contribution in [2.24, 2.45) is 5.73 Å². The van der Waals surface area contributed by atoms with E-state index < -0.39 is 46.6 Å². The quantitative estimate of drug-likeness (QED) is 0.522. The number of benzene rings is 1. The highest BCUT2D eigenvalue weighted by molar-refractivity contribution is 5.94. The van der Waals surface area contributed by atoms with Gasteiger partial charge in [0.2, 0.25) is 5.82 Å². The van der Waals surface area contributed by atoms with Crippen molar-refractivity contribution in [1.82, 2.24) is 4.90 Å². The van der Waals surface area contributed by atoms with Crippen molar-refractivity contribution in [2.45, 2.75) is 13.0 Å². The molecule has 0 aliphatic carbocycles. The number of carbonyl (C=O) groups is 1. The van der Waals surface area contributed by atoms with Crippen LogP contribution < -0.4 is 5.73 Å². The van der Waals surface area contributed by atoms with Crippen LogP contribution >= 0.6 is 0 Å². The van der Waals surface area contributed by atoms with E-state index in [1.54, 1.807) is 0 Å². The SMILES string of the molecule is CC(N)CN(C)C(=O)c1c(F)c(F)c(F)c(F)c1F. The summed E-state index contributed by atoms with van der Waals surface area (Å²) in [6.07, 6.45) is 0. The summed E-state index contributed by atoms with van der Waals surface area (Å²) in [4.78, 5) is 12.5. The monoisotopic (exact) mass is 282 g/mol. The first-order chi connectivity index (χ1) is 8.68. The maximum atomic E-state index is 13.4. The molecule has 1 aromatic rings. The summed E-state index contributed by atoms with van der Waals surface area (Å²) in [7, 11) is 1.14. The molecule has 1 unspecified atom stereocenters. The molecule has 0 aliphatic heterocycles. The van der Waals surface area contributed by atoms with Gasteiger partial charge in [-0.05, 0) is 6.92 Å². The van der Waals surface area contributed by atoms with E-state index in [1.807, 2.05) is 0 Å². The Labute approximate surface area is 105 Å². The second-order valence-corrected chi connectivity index (χ2v) is 4.11. The number of nitrogens with zero attached hydrogens (tertiary/aromatic N) is 1. The minimum absolute atomic E-state index is 0.0989. The number of halogens is 5. The lowest BCUT2D eigenvalue weighted by Gasteiger charge is -2.20. The van der Waals surface area contributed by atoms with Crippen LogP contribution in [0.4, 0.5) is 22.0 Å². The summed E-state index contributed by atoms with van der Waals surface area (Å²) < 4.78 is 65.4. The number of amides is 1.